The summed E-state index contributed by atoms with van der Waals surface area (Å²) in [5.74, 6) is 1.42. The van der Waals surface area contributed by atoms with Crippen molar-refractivity contribution < 1.29 is 4.74 Å². The lowest BCUT2D eigenvalue weighted by molar-refractivity contribution is 0.326. The van der Waals surface area contributed by atoms with E-state index in [-0.39, 0.29) is 0 Å². The summed E-state index contributed by atoms with van der Waals surface area (Å²) in [7, 11) is 0. The normalized spacial score (nSPS) is 10.4. The Kier molecular flexibility index (Phi) is 6.26. The molecule has 0 N–H and O–H groups in total. The van der Waals surface area contributed by atoms with Crippen LogP contribution in [0.4, 0.5) is 5.95 Å². The summed E-state index contributed by atoms with van der Waals surface area (Å²) in [5.41, 5.74) is 0.939. The number of alkyl halides is 1. The molecule has 1 rings (SSSR count). The monoisotopic (exact) mass is 301 g/mol. The first-order chi connectivity index (χ1) is 8.21. The van der Waals surface area contributed by atoms with E-state index in [1.807, 2.05) is 19.9 Å². The summed E-state index contributed by atoms with van der Waals surface area (Å²) < 4.78 is 5.44. The zero-order valence-corrected chi connectivity index (χ0v) is 12.3. The van der Waals surface area contributed by atoms with Crippen LogP contribution in [0.15, 0.2) is 6.07 Å². The third-order valence-corrected chi connectivity index (χ3v) is 2.60. The molecule has 96 valence electrons. The average Bonchev–Trinajstić information content (AvgIpc) is 2.28. The summed E-state index contributed by atoms with van der Waals surface area (Å²) in [6.45, 7) is 8.57. The van der Waals surface area contributed by atoms with Crippen molar-refractivity contribution in [2.45, 2.75) is 27.2 Å². The van der Waals surface area contributed by atoms with E-state index >= 15 is 0 Å². The van der Waals surface area contributed by atoms with Crippen molar-refractivity contribution in [1.29, 1.82) is 0 Å². The molecule has 1 heterocycles. The summed E-state index contributed by atoms with van der Waals surface area (Å²) in [5, 5.41) is 0.911. The first-order valence-corrected chi connectivity index (χ1v) is 7.12. The number of nitrogens with zero attached hydrogens (tertiary/aromatic N) is 3. The van der Waals surface area contributed by atoms with Crippen LogP contribution in [0.3, 0.4) is 0 Å². The van der Waals surface area contributed by atoms with Crippen molar-refractivity contribution in [3.63, 3.8) is 0 Å². The highest BCUT2D eigenvalue weighted by atomic mass is 79.9. The van der Waals surface area contributed by atoms with Crippen LogP contribution in [-0.4, -0.2) is 35.0 Å². The van der Waals surface area contributed by atoms with Gasteiger partial charge < -0.3 is 9.64 Å². The second-order valence-corrected chi connectivity index (χ2v) is 4.55. The number of rotatable bonds is 7. The van der Waals surface area contributed by atoms with Gasteiger partial charge in [0, 0.05) is 30.2 Å². The zero-order valence-electron chi connectivity index (χ0n) is 10.7. The third-order valence-electron chi connectivity index (χ3n) is 2.24. The number of aromatic nitrogens is 2. The molecule has 0 aromatic carbocycles. The Morgan fingerprint density at radius 1 is 1.29 bits per heavy atom. The summed E-state index contributed by atoms with van der Waals surface area (Å²) in [6.07, 6.45) is 1.08. The van der Waals surface area contributed by atoms with Gasteiger partial charge in [-0.05, 0) is 20.3 Å². The molecule has 0 radical (unpaired) electrons. The lowest BCUT2D eigenvalue weighted by Crippen LogP contribution is -2.28. The molecule has 0 amide bonds. The second kappa shape index (κ2) is 7.48. The van der Waals surface area contributed by atoms with Crippen LogP contribution in [0.1, 0.15) is 26.0 Å². The first kappa shape index (κ1) is 14.2. The summed E-state index contributed by atoms with van der Waals surface area (Å²) >= 11 is 3.46. The molecule has 0 bridgehead atoms. The smallest absolute Gasteiger partial charge is 0.228 e. The fraction of sp³-hybridized carbons (Fsp3) is 0.667. The summed E-state index contributed by atoms with van der Waals surface area (Å²) in [6, 6.07) is 1.87. The lowest BCUT2D eigenvalue weighted by atomic mass is 10.4. The Bertz CT molecular complexity index is 341. The maximum atomic E-state index is 5.44. The van der Waals surface area contributed by atoms with Crippen LogP contribution in [-0.2, 0) is 0 Å². The van der Waals surface area contributed by atoms with E-state index in [1.54, 1.807) is 0 Å². The molecule has 1 aromatic rings. The van der Waals surface area contributed by atoms with Crippen LogP contribution in [0.2, 0.25) is 0 Å². The number of hydrogen-bond donors (Lipinski definition) is 0. The third kappa shape index (κ3) is 4.50. The molecule has 0 atom stereocenters. The first-order valence-electron chi connectivity index (χ1n) is 6.00. The van der Waals surface area contributed by atoms with Crippen LogP contribution < -0.4 is 9.64 Å². The molecule has 0 spiro atoms. The molecule has 0 fully saturated rings. The van der Waals surface area contributed by atoms with E-state index in [4.69, 9.17) is 4.74 Å². The Morgan fingerprint density at radius 3 is 2.65 bits per heavy atom. The number of halogens is 1. The van der Waals surface area contributed by atoms with Crippen molar-refractivity contribution >= 4 is 21.9 Å². The minimum absolute atomic E-state index is 0.627. The molecule has 4 nitrogen and oxygen atoms in total. The Hall–Kier alpha value is -0.840. The number of ether oxygens (including phenoxy) is 1. The minimum atomic E-state index is 0.627. The molecule has 0 aliphatic rings. The highest BCUT2D eigenvalue weighted by Gasteiger charge is 2.10. The highest BCUT2D eigenvalue weighted by Crippen LogP contribution is 2.16. The molecule has 0 aliphatic heterocycles. The lowest BCUT2D eigenvalue weighted by Gasteiger charge is -2.21. The van der Waals surface area contributed by atoms with Gasteiger partial charge in [0.1, 0.15) is 0 Å². The van der Waals surface area contributed by atoms with Gasteiger partial charge in [-0.15, -0.1) is 0 Å². The van der Waals surface area contributed by atoms with Crippen molar-refractivity contribution in [1.82, 2.24) is 9.97 Å². The van der Waals surface area contributed by atoms with E-state index in [0.29, 0.717) is 12.5 Å². The molecule has 17 heavy (non-hydrogen) atoms. The zero-order chi connectivity index (χ0) is 12.7. The predicted molar refractivity (Wildman–Crippen MR) is 74.2 cm³/mol. The second-order valence-electron chi connectivity index (χ2n) is 3.76. The average molecular weight is 302 g/mol. The fourth-order valence-electron chi connectivity index (χ4n) is 1.57. The molecular formula is C12H20BrN3O. The fourth-order valence-corrected chi connectivity index (χ4v) is 2.00. The Labute approximate surface area is 112 Å². The van der Waals surface area contributed by atoms with E-state index in [0.717, 1.165) is 36.5 Å². The van der Waals surface area contributed by atoms with Gasteiger partial charge in [0.15, 0.2) is 0 Å². The van der Waals surface area contributed by atoms with Gasteiger partial charge in [-0.3, -0.25) is 0 Å². The highest BCUT2D eigenvalue weighted by molar-refractivity contribution is 9.09. The largest absolute Gasteiger partial charge is 0.478 e. The maximum absolute atomic E-state index is 5.44. The van der Waals surface area contributed by atoms with Gasteiger partial charge in [-0.1, -0.05) is 22.9 Å². The Balaban J connectivity index is 2.92. The minimum Gasteiger partial charge on any atom is -0.478 e. The Morgan fingerprint density at radius 2 is 2.06 bits per heavy atom. The van der Waals surface area contributed by atoms with Gasteiger partial charge in [0.2, 0.25) is 11.8 Å². The SMILES string of the molecule is CCCN(CCBr)c1nc(C)cc(OCC)n1. The molecule has 0 saturated carbocycles. The van der Waals surface area contributed by atoms with Crippen LogP contribution in [0, 0.1) is 6.92 Å². The number of aryl methyl sites for hydroxylation is 1. The molecule has 0 saturated heterocycles. The van der Waals surface area contributed by atoms with Crippen LogP contribution >= 0.6 is 15.9 Å². The van der Waals surface area contributed by atoms with Crippen LogP contribution in [0.25, 0.3) is 0 Å². The van der Waals surface area contributed by atoms with E-state index in [1.165, 1.54) is 0 Å². The molecule has 0 aliphatic carbocycles. The van der Waals surface area contributed by atoms with Crippen molar-refractivity contribution in [2.75, 3.05) is 29.9 Å². The number of anilines is 1. The standard InChI is InChI=1S/C12H20BrN3O/c1-4-7-16(8-6-13)12-14-10(3)9-11(15-12)17-5-2/h9H,4-8H2,1-3H3. The maximum Gasteiger partial charge on any atom is 0.228 e. The predicted octanol–water partition coefficient (Wildman–Crippen LogP) is 2.80. The van der Waals surface area contributed by atoms with E-state index in [9.17, 15) is 0 Å². The van der Waals surface area contributed by atoms with E-state index < -0.39 is 0 Å². The van der Waals surface area contributed by atoms with Gasteiger partial charge in [0.25, 0.3) is 0 Å². The van der Waals surface area contributed by atoms with Gasteiger partial charge in [0.05, 0.1) is 6.61 Å². The van der Waals surface area contributed by atoms with Gasteiger partial charge >= 0.3 is 0 Å². The summed E-state index contributed by atoms with van der Waals surface area (Å²) in [4.78, 5) is 11.1. The molecular weight excluding hydrogens is 282 g/mol. The van der Waals surface area contributed by atoms with Crippen molar-refractivity contribution in [2.24, 2.45) is 0 Å². The van der Waals surface area contributed by atoms with Gasteiger partial charge in [-0.2, -0.15) is 4.98 Å². The molecule has 5 heteroatoms. The molecule has 0 unspecified atom stereocenters. The quantitative estimate of drug-likeness (QED) is 0.726. The molecule has 1 aromatic heterocycles. The number of hydrogen-bond acceptors (Lipinski definition) is 4. The van der Waals surface area contributed by atoms with Gasteiger partial charge in [-0.25, -0.2) is 4.98 Å². The topological polar surface area (TPSA) is 38.2 Å². The van der Waals surface area contributed by atoms with Crippen LogP contribution in [0.5, 0.6) is 5.88 Å². The van der Waals surface area contributed by atoms with E-state index in [2.05, 4.69) is 37.7 Å². The van der Waals surface area contributed by atoms with Crippen molar-refractivity contribution in [3.05, 3.63) is 11.8 Å². The van der Waals surface area contributed by atoms with Crippen molar-refractivity contribution in [3.8, 4) is 5.88 Å².